The zero-order valence-corrected chi connectivity index (χ0v) is 20.7. The van der Waals surface area contributed by atoms with Gasteiger partial charge in [0.1, 0.15) is 5.78 Å². The van der Waals surface area contributed by atoms with Crippen molar-refractivity contribution in [2.75, 3.05) is 0 Å². The van der Waals surface area contributed by atoms with Crippen molar-refractivity contribution in [2.45, 2.75) is 115 Å². The summed E-state index contributed by atoms with van der Waals surface area (Å²) in [5.41, 5.74) is 1.36. The number of carbonyl (C=O) groups excluding carboxylic acids is 1. The van der Waals surface area contributed by atoms with Gasteiger partial charge in [0, 0.05) is 17.4 Å². The maximum absolute atomic E-state index is 11.7. The number of carbonyl (C=O) groups is 1. The number of rotatable bonds is 19. The zero-order chi connectivity index (χ0) is 21.9. The van der Waals surface area contributed by atoms with Gasteiger partial charge in [0.05, 0.1) is 0 Å². The predicted molar refractivity (Wildman–Crippen MR) is 136 cm³/mol. The minimum absolute atomic E-state index is 0.322. The molecule has 1 nitrogen and oxygen atoms in total. The molecule has 0 aliphatic heterocycles. The molecule has 0 aliphatic carbocycles. The van der Waals surface area contributed by atoms with Crippen LogP contribution in [0.15, 0.2) is 42.5 Å². The first-order valence-corrected chi connectivity index (χ1v) is 13.5. The molecule has 0 N–H and O–H groups in total. The topological polar surface area (TPSA) is 17.1 Å². The molecule has 0 saturated carbocycles. The fourth-order valence-electron chi connectivity index (χ4n) is 3.85. The Balaban J connectivity index is 2.12. The van der Waals surface area contributed by atoms with Crippen LogP contribution in [0.2, 0.25) is 0 Å². The van der Waals surface area contributed by atoms with Crippen LogP contribution >= 0.6 is 11.8 Å². The van der Waals surface area contributed by atoms with Crippen LogP contribution in [0.5, 0.6) is 0 Å². The van der Waals surface area contributed by atoms with Crippen LogP contribution in [0.25, 0.3) is 0 Å². The summed E-state index contributed by atoms with van der Waals surface area (Å²) in [5.74, 6) is 1.93. The van der Waals surface area contributed by atoms with E-state index in [2.05, 4.69) is 56.3 Å². The van der Waals surface area contributed by atoms with Gasteiger partial charge in [-0.2, -0.15) is 11.8 Å². The van der Waals surface area contributed by atoms with E-state index in [1.165, 1.54) is 82.6 Å². The van der Waals surface area contributed by atoms with Crippen molar-refractivity contribution in [3.8, 4) is 0 Å². The highest BCUT2D eigenvalue weighted by atomic mass is 32.2. The third-order valence-electron chi connectivity index (χ3n) is 5.85. The molecular formula is C28H46OS. The highest BCUT2D eigenvalue weighted by Crippen LogP contribution is 2.30. The third kappa shape index (κ3) is 14.9. The number of unbranched alkanes of at least 4 members (excludes halogenated alkanes) is 9. The summed E-state index contributed by atoms with van der Waals surface area (Å²) < 4.78 is 0. The summed E-state index contributed by atoms with van der Waals surface area (Å²) >= 11 is 1.96. The van der Waals surface area contributed by atoms with E-state index in [0.29, 0.717) is 23.4 Å². The third-order valence-corrected chi connectivity index (χ3v) is 7.41. The molecule has 0 aliphatic rings. The lowest BCUT2D eigenvalue weighted by Gasteiger charge is -2.23. The van der Waals surface area contributed by atoms with Gasteiger partial charge < -0.3 is 0 Å². The minimum atomic E-state index is 0.322. The SMILES string of the molecule is CCCCCCCCC=CCCCCCC(C)C(CC(C)=O)SCc1ccccc1. The first kappa shape index (κ1) is 27.0. The Kier molecular flexibility index (Phi) is 16.9. The fraction of sp³-hybridized carbons (Fsp3) is 0.679. The van der Waals surface area contributed by atoms with Gasteiger partial charge in [-0.3, -0.25) is 4.79 Å². The molecule has 0 saturated heterocycles. The maximum atomic E-state index is 11.7. The van der Waals surface area contributed by atoms with Crippen molar-refractivity contribution >= 4 is 17.5 Å². The number of Topliss-reactive ketones (excluding diaryl/α,β-unsaturated/α-hetero) is 1. The minimum Gasteiger partial charge on any atom is -0.300 e. The van der Waals surface area contributed by atoms with E-state index < -0.39 is 0 Å². The molecule has 170 valence electrons. The number of hydrogen-bond acceptors (Lipinski definition) is 2. The molecule has 0 radical (unpaired) electrons. The second kappa shape index (κ2) is 18.7. The van der Waals surface area contributed by atoms with Crippen molar-refractivity contribution < 1.29 is 4.79 Å². The number of ketones is 1. The molecule has 0 heterocycles. The Morgan fingerprint density at radius 2 is 1.50 bits per heavy atom. The van der Waals surface area contributed by atoms with Crippen LogP contribution in [-0.2, 0) is 10.5 Å². The smallest absolute Gasteiger partial charge is 0.130 e. The van der Waals surface area contributed by atoms with Crippen molar-refractivity contribution in [1.82, 2.24) is 0 Å². The lowest BCUT2D eigenvalue weighted by Crippen LogP contribution is -2.18. The molecule has 2 atom stereocenters. The van der Waals surface area contributed by atoms with Gasteiger partial charge in [0.15, 0.2) is 0 Å². The lowest BCUT2D eigenvalue weighted by atomic mass is 9.96. The average molecular weight is 431 g/mol. The monoisotopic (exact) mass is 430 g/mol. The Morgan fingerprint density at radius 1 is 0.900 bits per heavy atom. The normalized spacial score (nSPS) is 13.6. The Hall–Kier alpha value is -1.02. The summed E-state index contributed by atoms with van der Waals surface area (Å²) in [6, 6.07) is 10.6. The van der Waals surface area contributed by atoms with Crippen LogP contribution in [0, 0.1) is 5.92 Å². The van der Waals surface area contributed by atoms with Gasteiger partial charge in [0.2, 0.25) is 0 Å². The largest absolute Gasteiger partial charge is 0.300 e. The van der Waals surface area contributed by atoms with Gasteiger partial charge >= 0.3 is 0 Å². The van der Waals surface area contributed by atoms with Crippen LogP contribution in [0.3, 0.4) is 0 Å². The summed E-state index contributed by atoms with van der Waals surface area (Å²) in [6.07, 6.45) is 21.4. The van der Waals surface area contributed by atoms with E-state index >= 15 is 0 Å². The molecule has 2 unspecified atom stereocenters. The van der Waals surface area contributed by atoms with E-state index in [1.807, 2.05) is 11.8 Å². The van der Waals surface area contributed by atoms with E-state index in [1.54, 1.807) is 6.92 Å². The molecule has 1 aromatic rings. The molecule has 2 heteroatoms. The number of allylic oxidation sites excluding steroid dienone is 2. The molecule has 0 aromatic heterocycles. The van der Waals surface area contributed by atoms with E-state index in [-0.39, 0.29) is 0 Å². The summed E-state index contributed by atoms with van der Waals surface area (Å²) in [4.78, 5) is 11.7. The summed E-state index contributed by atoms with van der Waals surface area (Å²) in [5, 5.41) is 0.444. The van der Waals surface area contributed by atoms with Gasteiger partial charge in [-0.1, -0.05) is 101 Å². The maximum Gasteiger partial charge on any atom is 0.130 e. The quantitative estimate of drug-likeness (QED) is 0.161. The Morgan fingerprint density at radius 3 is 2.13 bits per heavy atom. The standard InChI is InChI=1S/C28H46OS/c1-4-5-6-7-8-9-10-11-12-13-14-15-17-20-25(2)28(23-26(3)29)30-24-27-21-18-16-19-22-27/h11-12,16,18-19,21-22,25,28H,4-10,13-15,17,20,23-24H2,1-3H3. The highest BCUT2D eigenvalue weighted by Gasteiger charge is 2.19. The van der Waals surface area contributed by atoms with Crippen molar-refractivity contribution in [3.05, 3.63) is 48.0 Å². The second-order valence-electron chi connectivity index (χ2n) is 8.88. The molecule has 0 fully saturated rings. The van der Waals surface area contributed by atoms with E-state index in [0.717, 1.165) is 5.75 Å². The Bertz CT molecular complexity index is 551. The van der Waals surface area contributed by atoms with Crippen LogP contribution in [0.1, 0.15) is 110 Å². The van der Waals surface area contributed by atoms with Gasteiger partial charge in [-0.05, 0) is 50.5 Å². The molecule has 30 heavy (non-hydrogen) atoms. The predicted octanol–water partition coefficient (Wildman–Crippen LogP) is 9.16. The van der Waals surface area contributed by atoms with E-state index in [9.17, 15) is 4.79 Å². The Labute approximate surface area is 191 Å². The molecule has 1 aromatic carbocycles. The van der Waals surface area contributed by atoms with Crippen LogP contribution < -0.4 is 0 Å². The van der Waals surface area contributed by atoms with Crippen LogP contribution in [0.4, 0.5) is 0 Å². The van der Waals surface area contributed by atoms with Crippen LogP contribution in [-0.4, -0.2) is 11.0 Å². The number of thioether (sulfide) groups is 1. The highest BCUT2D eigenvalue weighted by molar-refractivity contribution is 7.99. The summed E-state index contributed by atoms with van der Waals surface area (Å²) in [7, 11) is 0. The van der Waals surface area contributed by atoms with Crippen molar-refractivity contribution in [3.63, 3.8) is 0 Å². The lowest BCUT2D eigenvalue weighted by molar-refractivity contribution is -0.117. The summed E-state index contributed by atoms with van der Waals surface area (Å²) in [6.45, 7) is 6.35. The molecule has 0 spiro atoms. The average Bonchev–Trinajstić information content (AvgIpc) is 2.74. The first-order valence-electron chi connectivity index (χ1n) is 12.4. The molecule has 0 bridgehead atoms. The number of hydrogen-bond donors (Lipinski definition) is 0. The van der Waals surface area contributed by atoms with Gasteiger partial charge in [0.25, 0.3) is 0 Å². The number of benzene rings is 1. The van der Waals surface area contributed by atoms with Gasteiger partial charge in [-0.15, -0.1) is 0 Å². The molecular weight excluding hydrogens is 384 g/mol. The molecule has 0 amide bonds. The van der Waals surface area contributed by atoms with Gasteiger partial charge in [-0.25, -0.2) is 0 Å². The fourth-order valence-corrected chi connectivity index (χ4v) is 5.27. The van der Waals surface area contributed by atoms with Crippen molar-refractivity contribution in [1.29, 1.82) is 0 Å². The van der Waals surface area contributed by atoms with E-state index in [4.69, 9.17) is 0 Å². The molecule has 1 rings (SSSR count). The first-order chi connectivity index (χ1) is 14.6. The van der Waals surface area contributed by atoms with Crippen molar-refractivity contribution in [2.24, 2.45) is 5.92 Å². The zero-order valence-electron chi connectivity index (χ0n) is 19.9. The second-order valence-corrected chi connectivity index (χ2v) is 10.1.